The van der Waals surface area contributed by atoms with E-state index in [2.05, 4.69) is 5.16 Å². The summed E-state index contributed by atoms with van der Waals surface area (Å²) in [5, 5.41) is 14.1. The second kappa shape index (κ2) is 4.50. The predicted molar refractivity (Wildman–Crippen MR) is 75.5 cm³/mol. The van der Waals surface area contributed by atoms with Gasteiger partial charge >= 0.3 is 5.97 Å². The topological polar surface area (TPSA) is 63.3 Å². The average molecular weight is 312 g/mol. The highest BCUT2D eigenvalue weighted by Crippen LogP contribution is 2.51. The second-order valence-corrected chi connectivity index (χ2v) is 6.01. The molecule has 0 amide bonds. The predicted octanol–water partition coefficient (Wildman–Crippen LogP) is 4.40. The molecule has 104 valence electrons. The maximum Gasteiger partial charge on any atom is 0.341 e. The van der Waals surface area contributed by atoms with Crippen molar-refractivity contribution >= 4 is 29.2 Å². The van der Waals surface area contributed by atoms with Gasteiger partial charge in [-0.1, -0.05) is 41.3 Å². The van der Waals surface area contributed by atoms with Crippen molar-refractivity contribution in [1.29, 1.82) is 0 Å². The molecule has 1 saturated carbocycles. The summed E-state index contributed by atoms with van der Waals surface area (Å²) in [7, 11) is 0. The van der Waals surface area contributed by atoms with E-state index >= 15 is 0 Å². The molecule has 1 aromatic heterocycles. The molecule has 1 fully saturated rings. The minimum Gasteiger partial charge on any atom is -0.477 e. The number of halogens is 2. The van der Waals surface area contributed by atoms with Crippen molar-refractivity contribution in [1.82, 2.24) is 5.16 Å². The van der Waals surface area contributed by atoms with E-state index in [9.17, 15) is 9.90 Å². The fourth-order valence-electron chi connectivity index (χ4n) is 2.21. The first-order valence-corrected chi connectivity index (χ1v) is 6.87. The van der Waals surface area contributed by atoms with Gasteiger partial charge < -0.3 is 9.63 Å². The van der Waals surface area contributed by atoms with Crippen LogP contribution < -0.4 is 0 Å². The molecule has 0 spiro atoms. The third-order valence-corrected chi connectivity index (χ3v) is 4.28. The van der Waals surface area contributed by atoms with Gasteiger partial charge in [-0.15, -0.1) is 0 Å². The summed E-state index contributed by atoms with van der Waals surface area (Å²) in [4.78, 5) is 11.6. The zero-order valence-corrected chi connectivity index (χ0v) is 12.1. The van der Waals surface area contributed by atoms with E-state index < -0.39 is 5.97 Å². The summed E-state index contributed by atoms with van der Waals surface area (Å²) >= 11 is 12.2. The van der Waals surface area contributed by atoms with E-state index in [1.165, 1.54) is 0 Å². The van der Waals surface area contributed by atoms with Crippen LogP contribution in [0.5, 0.6) is 0 Å². The fourth-order valence-corrected chi connectivity index (χ4v) is 2.79. The molecular weight excluding hydrogens is 301 g/mol. The van der Waals surface area contributed by atoms with Crippen molar-refractivity contribution in [3.05, 3.63) is 39.6 Å². The number of nitrogens with zero attached hydrogens (tertiary/aromatic N) is 1. The SMILES string of the molecule is CC1(c2onc(-c3c(Cl)cccc3Cl)c2C(=O)O)CC1. The number of carboxylic acids is 1. The molecule has 0 unspecified atom stereocenters. The highest BCUT2D eigenvalue weighted by atomic mass is 35.5. The van der Waals surface area contributed by atoms with E-state index in [1.54, 1.807) is 18.2 Å². The average Bonchev–Trinajstić information content (AvgIpc) is 2.96. The van der Waals surface area contributed by atoms with Gasteiger partial charge in [0.2, 0.25) is 0 Å². The number of hydrogen-bond acceptors (Lipinski definition) is 3. The summed E-state index contributed by atoms with van der Waals surface area (Å²) in [6.45, 7) is 1.96. The van der Waals surface area contributed by atoms with Crippen LogP contribution in [0, 0.1) is 0 Å². The van der Waals surface area contributed by atoms with Crippen LogP contribution in [0.3, 0.4) is 0 Å². The van der Waals surface area contributed by atoms with Gasteiger partial charge in [-0.05, 0) is 25.0 Å². The van der Waals surface area contributed by atoms with Crippen LogP contribution in [-0.2, 0) is 5.41 Å². The summed E-state index contributed by atoms with van der Waals surface area (Å²) in [6, 6.07) is 4.97. The first kappa shape index (κ1) is 13.5. The van der Waals surface area contributed by atoms with Gasteiger partial charge in [0.15, 0.2) is 5.76 Å². The number of benzene rings is 1. The Morgan fingerprint density at radius 2 is 1.95 bits per heavy atom. The maximum absolute atomic E-state index is 11.6. The standard InChI is InChI=1S/C14H11Cl2NO3/c1-14(5-6-14)12-10(13(18)19)11(17-20-12)9-7(15)3-2-4-8(9)16/h2-4H,5-6H2,1H3,(H,18,19). The number of carbonyl (C=O) groups is 1. The number of aromatic carboxylic acids is 1. The molecule has 1 heterocycles. The molecule has 1 aliphatic rings. The van der Waals surface area contributed by atoms with Crippen LogP contribution in [0.4, 0.5) is 0 Å². The van der Waals surface area contributed by atoms with E-state index in [0.717, 1.165) is 12.8 Å². The normalized spacial score (nSPS) is 16.1. The van der Waals surface area contributed by atoms with Crippen LogP contribution in [-0.4, -0.2) is 16.2 Å². The largest absolute Gasteiger partial charge is 0.477 e. The molecule has 0 atom stereocenters. The monoisotopic (exact) mass is 311 g/mol. The Hall–Kier alpha value is -1.52. The Kier molecular flexibility index (Phi) is 3.03. The number of hydrogen-bond donors (Lipinski definition) is 1. The lowest BCUT2D eigenvalue weighted by atomic mass is 9.98. The van der Waals surface area contributed by atoms with Crippen molar-refractivity contribution in [2.24, 2.45) is 0 Å². The first-order chi connectivity index (χ1) is 9.44. The summed E-state index contributed by atoms with van der Waals surface area (Å²) in [5.41, 5.74) is 0.399. The lowest BCUT2D eigenvalue weighted by Gasteiger charge is -2.06. The zero-order valence-electron chi connectivity index (χ0n) is 10.6. The Balaban J connectivity index is 2.25. The summed E-state index contributed by atoms with van der Waals surface area (Å²) in [5.74, 6) is -0.684. The van der Waals surface area contributed by atoms with E-state index in [0.29, 0.717) is 21.4 Å². The van der Waals surface area contributed by atoms with Crippen LogP contribution in [0.25, 0.3) is 11.3 Å². The number of aromatic nitrogens is 1. The Morgan fingerprint density at radius 3 is 2.45 bits per heavy atom. The lowest BCUT2D eigenvalue weighted by Crippen LogP contribution is -2.08. The molecule has 0 bridgehead atoms. The Morgan fingerprint density at radius 1 is 1.35 bits per heavy atom. The second-order valence-electron chi connectivity index (χ2n) is 5.20. The Bertz CT molecular complexity index is 684. The fraction of sp³-hybridized carbons (Fsp3) is 0.286. The third kappa shape index (κ3) is 2.00. The molecule has 0 radical (unpaired) electrons. The van der Waals surface area contributed by atoms with Gasteiger partial charge in [-0.25, -0.2) is 4.79 Å². The molecule has 0 saturated heterocycles. The van der Waals surface area contributed by atoms with Gasteiger partial charge in [0.05, 0.1) is 10.0 Å². The quantitative estimate of drug-likeness (QED) is 0.912. The van der Waals surface area contributed by atoms with Crippen LogP contribution in [0.15, 0.2) is 22.7 Å². The first-order valence-electron chi connectivity index (χ1n) is 6.12. The maximum atomic E-state index is 11.6. The number of rotatable bonds is 3. The molecule has 1 N–H and O–H groups in total. The minimum atomic E-state index is -1.08. The molecule has 0 aliphatic heterocycles. The van der Waals surface area contributed by atoms with Crippen LogP contribution in [0.1, 0.15) is 35.9 Å². The van der Waals surface area contributed by atoms with Gasteiger partial charge in [0, 0.05) is 11.0 Å². The molecule has 1 aromatic carbocycles. The summed E-state index contributed by atoms with van der Waals surface area (Å²) < 4.78 is 5.30. The summed E-state index contributed by atoms with van der Waals surface area (Å²) in [6.07, 6.45) is 1.77. The van der Waals surface area contributed by atoms with Crippen molar-refractivity contribution in [3.8, 4) is 11.3 Å². The van der Waals surface area contributed by atoms with E-state index in [-0.39, 0.29) is 16.7 Å². The van der Waals surface area contributed by atoms with Crippen LogP contribution in [0.2, 0.25) is 10.0 Å². The Labute approximate surface area is 125 Å². The third-order valence-electron chi connectivity index (χ3n) is 3.65. The molecular formula is C14H11Cl2NO3. The van der Waals surface area contributed by atoms with Gasteiger partial charge in [0.25, 0.3) is 0 Å². The molecule has 6 heteroatoms. The zero-order chi connectivity index (χ0) is 14.5. The highest BCUT2D eigenvalue weighted by molar-refractivity contribution is 6.39. The van der Waals surface area contributed by atoms with E-state index in [4.69, 9.17) is 27.7 Å². The van der Waals surface area contributed by atoms with Crippen molar-refractivity contribution in [2.45, 2.75) is 25.2 Å². The highest BCUT2D eigenvalue weighted by Gasteiger charge is 2.47. The van der Waals surface area contributed by atoms with Crippen molar-refractivity contribution in [3.63, 3.8) is 0 Å². The molecule has 1 aliphatic carbocycles. The van der Waals surface area contributed by atoms with Gasteiger partial charge in [-0.3, -0.25) is 0 Å². The lowest BCUT2D eigenvalue weighted by molar-refractivity contribution is 0.0694. The van der Waals surface area contributed by atoms with Crippen molar-refractivity contribution < 1.29 is 14.4 Å². The molecule has 20 heavy (non-hydrogen) atoms. The molecule has 3 rings (SSSR count). The van der Waals surface area contributed by atoms with Gasteiger partial charge in [-0.2, -0.15) is 0 Å². The minimum absolute atomic E-state index is 0.0556. The van der Waals surface area contributed by atoms with E-state index in [1.807, 2.05) is 6.92 Å². The molecule has 2 aromatic rings. The van der Waals surface area contributed by atoms with Crippen molar-refractivity contribution in [2.75, 3.05) is 0 Å². The van der Waals surface area contributed by atoms with Gasteiger partial charge in [0.1, 0.15) is 11.3 Å². The molecule has 4 nitrogen and oxygen atoms in total. The van der Waals surface area contributed by atoms with Crippen LogP contribution >= 0.6 is 23.2 Å². The number of carboxylic acid groups (broad SMARTS) is 1. The smallest absolute Gasteiger partial charge is 0.341 e.